The molecule has 7 nitrogen and oxygen atoms in total. The van der Waals surface area contributed by atoms with Crippen LogP contribution in [-0.4, -0.2) is 44.7 Å². The second-order valence-electron chi connectivity index (χ2n) is 4.10. The summed E-state index contributed by atoms with van der Waals surface area (Å²) in [5.74, 6) is -1.88. The molecule has 0 aliphatic rings. The van der Waals surface area contributed by atoms with Crippen LogP contribution in [0.3, 0.4) is 0 Å². The number of H-pyrrole nitrogens is 1. The second-order valence-corrected chi connectivity index (χ2v) is 5.16. The summed E-state index contributed by atoms with van der Waals surface area (Å²) in [5, 5.41) is 22.6. The number of aromatic nitrogens is 2. The third-order valence-electron chi connectivity index (χ3n) is 2.63. The number of aliphatic hydroxyl groups is 1. The molecular formula is C12H13N3O4S. The lowest BCUT2D eigenvalue weighted by Gasteiger charge is -2.10. The summed E-state index contributed by atoms with van der Waals surface area (Å²) in [4.78, 5) is 29.6. The Bertz CT molecular complexity index is 634. The molecule has 2 aromatic heterocycles. The van der Waals surface area contributed by atoms with Crippen molar-refractivity contribution < 1.29 is 19.8 Å². The van der Waals surface area contributed by atoms with Crippen molar-refractivity contribution in [2.24, 2.45) is 0 Å². The molecular weight excluding hydrogens is 282 g/mol. The summed E-state index contributed by atoms with van der Waals surface area (Å²) in [6, 6.07) is 0.260. The van der Waals surface area contributed by atoms with E-state index in [-0.39, 0.29) is 5.69 Å². The number of nitrogens with one attached hydrogen (secondary N) is 2. The lowest BCUT2D eigenvalue weighted by atomic mass is 10.2. The predicted molar refractivity (Wildman–Crippen MR) is 72.6 cm³/mol. The monoisotopic (exact) mass is 295 g/mol. The molecule has 0 unspecified atom stereocenters. The van der Waals surface area contributed by atoms with Gasteiger partial charge in [-0.2, -0.15) is 0 Å². The molecule has 0 spiro atoms. The molecule has 2 aromatic rings. The van der Waals surface area contributed by atoms with Crippen LogP contribution < -0.4 is 5.32 Å². The van der Waals surface area contributed by atoms with E-state index in [2.05, 4.69) is 15.3 Å². The van der Waals surface area contributed by atoms with E-state index in [1.165, 1.54) is 11.3 Å². The molecule has 0 aliphatic heterocycles. The van der Waals surface area contributed by atoms with Crippen molar-refractivity contribution >= 4 is 23.2 Å². The Morgan fingerprint density at radius 2 is 2.30 bits per heavy atom. The second kappa shape index (κ2) is 5.85. The van der Waals surface area contributed by atoms with Gasteiger partial charge in [-0.05, 0) is 13.0 Å². The molecule has 0 bridgehead atoms. The molecule has 0 radical (unpaired) electrons. The third kappa shape index (κ3) is 3.03. The first-order valence-corrected chi connectivity index (χ1v) is 6.64. The van der Waals surface area contributed by atoms with Gasteiger partial charge < -0.3 is 20.5 Å². The van der Waals surface area contributed by atoms with Gasteiger partial charge in [0, 0.05) is 17.1 Å². The number of aliphatic carboxylic acids is 1. The Balaban J connectivity index is 2.12. The van der Waals surface area contributed by atoms with Gasteiger partial charge in [-0.1, -0.05) is 0 Å². The van der Waals surface area contributed by atoms with Crippen molar-refractivity contribution in [2.45, 2.75) is 13.0 Å². The molecule has 0 aliphatic carbocycles. The van der Waals surface area contributed by atoms with Crippen molar-refractivity contribution in [3.05, 3.63) is 28.3 Å². The van der Waals surface area contributed by atoms with Crippen LogP contribution in [0.15, 0.2) is 17.6 Å². The fraction of sp³-hybridized carbons (Fsp3) is 0.250. The molecule has 0 saturated carbocycles. The van der Waals surface area contributed by atoms with Crippen molar-refractivity contribution in [3.63, 3.8) is 0 Å². The average molecular weight is 295 g/mol. The number of carboxylic acid groups (broad SMARTS) is 1. The van der Waals surface area contributed by atoms with Gasteiger partial charge in [0.25, 0.3) is 5.91 Å². The number of amides is 1. The quantitative estimate of drug-likeness (QED) is 0.645. The Morgan fingerprint density at radius 1 is 1.55 bits per heavy atom. The standard InChI is InChI=1S/C12H13N3O4S/c1-6-14-10(5-20-6)7-2-8(13-3-7)11(17)15-9(4-16)12(18)19/h2-3,5,9,13,16H,4H2,1H3,(H,15,17)(H,18,19)/t9-/m1/s1. The zero-order chi connectivity index (χ0) is 14.7. The summed E-state index contributed by atoms with van der Waals surface area (Å²) in [5.41, 5.74) is 1.71. The average Bonchev–Trinajstić information content (AvgIpc) is 3.03. The van der Waals surface area contributed by atoms with E-state index >= 15 is 0 Å². The van der Waals surface area contributed by atoms with Gasteiger partial charge in [0.15, 0.2) is 6.04 Å². The topological polar surface area (TPSA) is 115 Å². The van der Waals surface area contributed by atoms with Crippen molar-refractivity contribution in [3.8, 4) is 11.3 Å². The number of thiazole rings is 1. The van der Waals surface area contributed by atoms with E-state index in [1.54, 1.807) is 12.3 Å². The number of aryl methyl sites for hydroxylation is 1. The fourth-order valence-electron chi connectivity index (χ4n) is 1.59. The van der Waals surface area contributed by atoms with Crippen LogP contribution in [0.5, 0.6) is 0 Å². The van der Waals surface area contributed by atoms with Crippen molar-refractivity contribution in [1.82, 2.24) is 15.3 Å². The minimum absolute atomic E-state index is 0.213. The Kier molecular flexibility index (Phi) is 4.16. The molecule has 2 heterocycles. The summed E-state index contributed by atoms with van der Waals surface area (Å²) >= 11 is 1.50. The Labute approximate surface area is 118 Å². The maximum absolute atomic E-state index is 11.8. The molecule has 1 amide bonds. The highest BCUT2D eigenvalue weighted by molar-refractivity contribution is 7.09. The number of rotatable bonds is 5. The van der Waals surface area contributed by atoms with Crippen molar-refractivity contribution in [1.29, 1.82) is 0 Å². The van der Waals surface area contributed by atoms with Gasteiger partial charge in [0.05, 0.1) is 17.3 Å². The first-order valence-electron chi connectivity index (χ1n) is 5.76. The van der Waals surface area contributed by atoms with Gasteiger partial charge >= 0.3 is 5.97 Å². The number of nitrogens with zero attached hydrogens (tertiary/aromatic N) is 1. The molecule has 2 rings (SSSR count). The minimum Gasteiger partial charge on any atom is -0.480 e. The first-order chi connectivity index (χ1) is 9.51. The van der Waals surface area contributed by atoms with Gasteiger partial charge in [-0.15, -0.1) is 11.3 Å². The van der Waals surface area contributed by atoms with Crippen LogP contribution in [0, 0.1) is 6.92 Å². The van der Waals surface area contributed by atoms with Crippen LogP contribution in [0.1, 0.15) is 15.5 Å². The van der Waals surface area contributed by atoms with Crippen LogP contribution in [0.25, 0.3) is 11.3 Å². The lowest BCUT2D eigenvalue weighted by molar-refractivity contribution is -0.140. The van der Waals surface area contributed by atoms with Crippen LogP contribution >= 0.6 is 11.3 Å². The largest absolute Gasteiger partial charge is 0.480 e. The number of hydrogen-bond donors (Lipinski definition) is 4. The molecule has 4 N–H and O–H groups in total. The number of hydrogen-bond acceptors (Lipinski definition) is 5. The molecule has 0 fully saturated rings. The normalized spacial score (nSPS) is 12.1. The number of aliphatic hydroxyl groups excluding tert-OH is 1. The molecule has 1 atom stereocenters. The zero-order valence-corrected chi connectivity index (χ0v) is 11.4. The van der Waals surface area contributed by atoms with E-state index in [0.29, 0.717) is 0 Å². The van der Waals surface area contributed by atoms with Gasteiger partial charge in [0.1, 0.15) is 5.69 Å². The number of carbonyl (C=O) groups excluding carboxylic acids is 1. The Hall–Kier alpha value is -2.19. The van der Waals surface area contributed by atoms with Crippen molar-refractivity contribution in [2.75, 3.05) is 6.61 Å². The molecule has 20 heavy (non-hydrogen) atoms. The van der Waals surface area contributed by atoms with Gasteiger partial charge in [-0.3, -0.25) is 4.79 Å². The first kappa shape index (κ1) is 14.2. The zero-order valence-electron chi connectivity index (χ0n) is 10.6. The maximum atomic E-state index is 11.8. The predicted octanol–water partition coefficient (Wildman–Crippen LogP) is 0.622. The molecule has 106 valence electrons. The minimum atomic E-state index is -1.32. The van der Waals surface area contributed by atoms with E-state index in [0.717, 1.165) is 16.3 Å². The van der Waals surface area contributed by atoms with E-state index < -0.39 is 24.5 Å². The summed E-state index contributed by atoms with van der Waals surface area (Å²) < 4.78 is 0. The SMILES string of the molecule is Cc1nc(-c2c[nH]c(C(=O)N[C@H](CO)C(=O)O)c2)cs1. The third-order valence-corrected chi connectivity index (χ3v) is 3.40. The highest BCUT2D eigenvalue weighted by Crippen LogP contribution is 2.22. The highest BCUT2D eigenvalue weighted by atomic mass is 32.1. The number of carbonyl (C=O) groups is 2. The van der Waals surface area contributed by atoms with E-state index in [1.807, 2.05) is 12.3 Å². The maximum Gasteiger partial charge on any atom is 0.328 e. The van der Waals surface area contributed by atoms with Gasteiger partial charge in [-0.25, -0.2) is 9.78 Å². The fourth-order valence-corrected chi connectivity index (χ4v) is 2.21. The highest BCUT2D eigenvalue weighted by Gasteiger charge is 2.20. The van der Waals surface area contributed by atoms with E-state index in [9.17, 15) is 9.59 Å². The summed E-state index contributed by atoms with van der Waals surface area (Å²) in [6.07, 6.45) is 1.62. The summed E-state index contributed by atoms with van der Waals surface area (Å²) in [7, 11) is 0. The Morgan fingerprint density at radius 3 is 2.85 bits per heavy atom. The molecule has 8 heteroatoms. The lowest BCUT2D eigenvalue weighted by Crippen LogP contribution is -2.43. The van der Waals surface area contributed by atoms with Crippen LogP contribution in [0.4, 0.5) is 0 Å². The van der Waals surface area contributed by atoms with E-state index in [4.69, 9.17) is 10.2 Å². The smallest absolute Gasteiger partial charge is 0.328 e. The number of carboxylic acids is 1. The number of aromatic amines is 1. The van der Waals surface area contributed by atoms with Gasteiger partial charge in [0.2, 0.25) is 0 Å². The molecule has 0 aromatic carbocycles. The van der Waals surface area contributed by atoms with Crippen LogP contribution in [-0.2, 0) is 4.79 Å². The van der Waals surface area contributed by atoms with Crippen LogP contribution in [0.2, 0.25) is 0 Å². The molecule has 0 saturated heterocycles. The summed E-state index contributed by atoms with van der Waals surface area (Å²) in [6.45, 7) is 1.22.